The average Bonchev–Trinajstić information content (AvgIpc) is 3.08. The molecule has 1 N–H and O–H groups in total. The number of carboxylic acid groups (broad SMARTS) is 1. The number of likely N-dealkylation sites (tertiary alicyclic amines) is 1. The maximum absolute atomic E-state index is 12.6. The Kier molecular flexibility index (Phi) is 4.23. The molecule has 1 aliphatic heterocycles. The van der Waals surface area contributed by atoms with Gasteiger partial charge in [0.2, 0.25) is 5.91 Å². The van der Waals surface area contributed by atoms with Gasteiger partial charge in [-0.3, -0.25) is 4.79 Å². The molecule has 0 spiro atoms. The van der Waals surface area contributed by atoms with Gasteiger partial charge < -0.3 is 14.4 Å². The molecule has 2 fully saturated rings. The maximum atomic E-state index is 12.6. The molecular formula is C17H23NO4. The van der Waals surface area contributed by atoms with E-state index >= 15 is 0 Å². The van der Waals surface area contributed by atoms with Gasteiger partial charge in [0.1, 0.15) is 17.6 Å². The van der Waals surface area contributed by atoms with Crippen LogP contribution in [0.15, 0.2) is 16.5 Å². The van der Waals surface area contributed by atoms with Crippen LogP contribution in [0.1, 0.15) is 50.0 Å². The Morgan fingerprint density at radius 1 is 1.32 bits per heavy atom. The van der Waals surface area contributed by atoms with Gasteiger partial charge in [0.15, 0.2) is 0 Å². The van der Waals surface area contributed by atoms with Crippen molar-refractivity contribution in [2.75, 3.05) is 0 Å². The van der Waals surface area contributed by atoms with Crippen LogP contribution >= 0.6 is 0 Å². The number of carboxylic acids is 1. The van der Waals surface area contributed by atoms with E-state index in [1.807, 2.05) is 19.1 Å². The molecule has 22 heavy (non-hydrogen) atoms. The van der Waals surface area contributed by atoms with Crippen molar-refractivity contribution in [1.82, 2.24) is 4.90 Å². The van der Waals surface area contributed by atoms with Crippen molar-refractivity contribution in [3.63, 3.8) is 0 Å². The van der Waals surface area contributed by atoms with Crippen LogP contribution in [0.2, 0.25) is 0 Å². The van der Waals surface area contributed by atoms with E-state index in [0.717, 1.165) is 37.2 Å². The van der Waals surface area contributed by atoms with E-state index in [1.165, 1.54) is 0 Å². The minimum atomic E-state index is -0.864. The minimum absolute atomic E-state index is 0.0455. The monoisotopic (exact) mass is 305 g/mol. The number of hydrogen-bond acceptors (Lipinski definition) is 3. The predicted molar refractivity (Wildman–Crippen MR) is 80.4 cm³/mol. The number of nitrogens with zero attached hydrogens (tertiary/aromatic N) is 1. The zero-order valence-electron chi connectivity index (χ0n) is 13.0. The second-order valence-corrected chi connectivity index (χ2v) is 6.51. The summed E-state index contributed by atoms with van der Waals surface area (Å²) in [7, 11) is 0. The van der Waals surface area contributed by atoms with E-state index in [0.29, 0.717) is 25.2 Å². The molecule has 3 rings (SSSR count). The highest BCUT2D eigenvalue weighted by atomic mass is 16.4. The van der Waals surface area contributed by atoms with Crippen LogP contribution in [0, 0.1) is 12.8 Å². The molecule has 2 aliphatic rings. The molecule has 3 atom stereocenters. The Morgan fingerprint density at radius 2 is 2.09 bits per heavy atom. The summed E-state index contributed by atoms with van der Waals surface area (Å²) in [6.45, 7) is 1.87. The first-order chi connectivity index (χ1) is 10.6. The van der Waals surface area contributed by atoms with Crippen LogP contribution in [0.3, 0.4) is 0 Å². The highest BCUT2D eigenvalue weighted by molar-refractivity contribution is 5.84. The van der Waals surface area contributed by atoms with Crippen molar-refractivity contribution >= 4 is 11.9 Å². The summed E-state index contributed by atoms with van der Waals surface area (Å²) in [4.78, 5) is 25.8. The Labute approximate surface area is 130 Å². The minimum Gasteiger partial charge on any atom is -0.480 e. The van der Waals surface area contributed by atoms with Gasteiger partial charge in [-0.05, 0) is 44.2 Å². The lowest BCUT2D eigenvalue weighted by atomic mass is 9.84. The lowest BCUT2D eigenvalue weighted by Crippen LogP contribution is -2.46. The van der Waals surface area contributed by atoms with E-state index in [-0.39, 0.29) is 11.9 Å². The third-order valence-electron chi connectivity index (χ3n) is 5.04. The molecule has 0 bridgehead atoms. The van der Waals surface area contributed by atoms with E-state index in [4.69, 9.17) is 4.42 Å². The average molecular weight is 305 g/mol. The fourth-order valence-electron chi connectivity index (χ4n) is 4.02. The van der Waals surface area contributed by atoms with Gasteiger partial charge in [0, 0.05) is 18.9 Å². The van der Waals surface area contributed by atoms with Gasteiger partial charge in [-0.2, -0.15) is 0 Å². The van der Waals surface area contributed by atoms with Crippen molar-refractivity contribution in [3.05, 3.63) is 23.7 Å². The van der Waals surface area contributed by atoms with Crippen molar-refractivity contribution in [2.24, 2.45) is 5.92 Å². The van der Waals surface area contributed by atoms with Gasteiger partial charge in [0.25, 0.3) is 0 Å². The van der Waals surface area contributed by atoms with Gasteiger partial charge in [-0.1, -0.05) is 12.8 Å². The molecule has 5 nitrogen and oxygen atoms in total. The van der Waals surface area contributed by atoms with Crippen LogP contribution in [-0.2, 0) is 16.0 Å². The van der Waals surface area contributed by atoms with Gasteiger partial charge in [-0.25, -0.2) is 4.79 Å². The smallest absolute Gasteiger partial charge is 0.326 e. The van der Waals surface area contributed by atoms with Crippen molar-refractivity contribution in [1.29, 1.82) is 0 Å². The molecule has 1 saturated carbocycles. The summed E-state index contributed by atoms with van der Waals surface area (Å²) >= 11 is 0. The van der Waals surface area contributed by atoms with E-state index < -0.39 is 12.0 Å². The van der Waals surface area contributed by atoms with Crippen LogP contribution in [0.5, 0.6) is 0 Å². The molecule has 3 unspecified atom stereocenters. The maximum Gasteiger partial charge on any atom is 0.326 e. The van der Waals surface area contributed by atoms with Crippen molar-refractivity contribution in [3.8, 4) is 0 Å². The van der Waals surface area contributed by atoms with Crippen LogP contribution < -0.4 is 0 Å². The molecule has 120 valence electrons. The van der Waals surface area contributed by atoms with Crippen molar-refractivity contribution < 1.29 is 19.1 Å². The number of aryl methyl sites for hydroxylation is 2. The van der Waals surface area contributed by atoms with Crippen LogP contribution in [0.4, 0.5) is 0 Å². The SMILES string of the molecule is Cc1ccc(CCC(=O)N2C(C(=O)O)CC3CCCCC32)o1. The zero-order chi connectivity index (χ0) is 15.7. The molecule has 1 aromatic heterocycles. The normalized spacial score (nSPS) is 27.7. The number of hydrogen-bond donors (Lipinski definition) is 1. The molecule has 1 aliphatic carbocycles. The largest absolute Gasteiger partial charge is 0.480 e. The molecule has 2 heterocycles. The number of aliphatic carboxylic acids is 1. The topological polar surface area (TPSA) is 70.8 Å². The van der Waals surface area contributed by atoms with Crippen LogP contribution in [0.25, 0.3) is 0 Å². The van der Waals surface area contributed by atoms with Gasteiger partial charge >= 0.3 is 5.97 Å². The summed E-state index contributed by atoms with van der Waals surface area (Å²) in [5.41, 5.74) is 0. The first-order valence-electron chi connectivity index (χ1n) is 8.15. The summed E-state index contributed by atoms with van der Waals surface area (Å²) in [6, 6.07) is 3.25. The lowest BCUT2D eigenvalue weighted by molar-refractivity contribution is -0.149. The first kappa shape index (κ1) is 15.1. The Balaban J connectivity index is 1.69. The summed E-state index contributed by atoms with van der Waals surface area (Å²) in [5.74, 6) is 1.08. The fourth-order valence-corrected chi connectivity index (χ4v) is 4.02. The highest BCUT2D eigenvalue weighted by Crippen LogP contribution is 2.40. The number of carbonyl (C=O) groups excluding carboxylic acids is 1. The quantitative estimate of drug-likeness (QED) is 0.928. The third-order valence-corrected chi connectivity index (χ3v) is 5.04. The summed E-state index contributed by atoms with van der Waals surface area (Å²) in [5, 5.41) is 9.46. The van der Waals surface area contributed by atoms with E-state index in [2.05, 4.69) is 0 Å². The first-order valence-corrected chi connectivity index (χ1v) is 8.15. The molecule has 0 radical (unpaired) electrons. The number of furan rings is 1. The highest BCUT2D eigenvalue weighted by Gasteiger charge is 2.47. The predicted octanol–water partition coefficient (Wildman–Crippen LogP) is 2.76. The van der Waals surface area contributed by atoms with Crippen LogP contribution in [-0.4, -0.2) is 34.0 Å². The molecule has 1 amide bonds. The third kappa shape index (κ3) is 2.89. The van der Waals surface area contributed by atoms with Crippen molar-refractivity contribution in [2.45, 2.75) is 64.0 Å². The van der Waals surface area contributed by atoms with Gasteiger partial charge in [0.05, 0.1) is 0 Å². The molecule has 0 aromatic carbocycles. The summed E-state index contributed by atoms with van der Waals surface area (Å²) < 4.78 is 5.49. The Morgan fingerprint density at radius 3 is 2.77 bits per heavy atom. The van der Waals surface area contributed by atoms with Gasteiger partial charge in [-0.15, -0.1) is 0 Å². The Hall–Kier alpha value is -1.78. The number of rotatable bonds is 4. The Bertz CT molecular complexity index is 565. The lowest BCUT2D eigenvalue weighted by Gasteiger charge is -2.33. The molecular weight excluding hydrogens is 282 g/mol. The molecule has 1 aromatic rings. The van der Waals surface area contributed by atoms with E-state index in [1.54, 1.807) is 4.90 Å². The zero-order valence-corrected chi connectivity index (χ0v) is 13.0. The van der Waals surface area contributed by atoms with E-state index in [9.17, 15) is 14.7 Å². The number of amides is 1. The number of fused-ring (bicyclic) bond motifs is 1. The molecule has 1 saturated heterocycles. The second-order valence-electron chi connectivity index (χ2n) is 6.51. The standard InChI is InChI=1S/C17H23NO4/c1-11-6-7-13(22-11)8-9-16(19)18-14-5-3-2-4-12(14)10-15(18)17(20)21/h6-7,12,14-15H,2-5,8-10H2,1H3,(H,20,21). The fraction of sp³-hybridized carbons (Fsp3) is 0.647. The summed E-state index contributed by atoms with van der Waals surface area (Å²) in [6.07, 6.45) is 5.71. The molecule has 5 heteroatoms. The number of carbonyl (C=O) groups is 2. The second kappa shape index (κ2) is 6.15.